The molecular formula is C15H19N3OS. The Balaban J connectivity index is 1.51. The van der Waals surface area contributed by atoms with Gasteiger partial charge in [0.05, 0.1) is 15.2 Å². The molecular weight excluding hydrogens is 270 g/mol. The normalized spacial score (nSPS) is 16.4. The summed E-state index contributed by atoms with van der Waals surface area (Å²) in [6, 6.07) is 8.11. The number of amides is 1. The van der Waals surface area contributed by atoms with Crippen molar-refractivity contribution in [2.45, 2.75) is 32.1 Å². The molecule has 106 valence electrons. The number of hydrogen-bond donors (Lipinski definition) is 1. The van der Waals surface area contributed by atoms with Crippen molar-refractivity contribution in [1.29, 1.82) is 0 Å². The highest BCUT2D eigenvalue weighted by molar-refractivity contribution is 7.18. The molecule has 0 bridgehead atoms. The highest BCUT2D eigenvalue weighted by atomic mass is 32.1. The molecule has 0 aliphatic carbocycles. The van der Waals surface area contributed by atoms with Crippen LogP contribution in [0.1, 0.15) is 30.7 Å². The van der Waals surface area contributed by atoms with Crippen LogP contribution in [-0.4, -0.2) is 29.0 Å². The van der Waals surface area contributed by atoms with Gasteiger partial charge in [0, 0.05) is 25.9 Å². The summed E-state index contributed by atoms with van der Waals surface area (Å²) in [5.74, 6) is 0.103. The zero-order chi connectivity index (χ0) is 13.8. The van der Waals surface area contributed by atoms with E-state index < -0.39 is 0 Å². The Hall–Kier alpha value is -1.46. The fourth-order valence-electron chi connectivity index (χ4n) is 2.49. The number of nitrogens with zero attached hydrogens (tertiary/aromatic N) is 2. The Labute approximate surface area is 122 Å². The zero-order valence-electron chi connectivity index (χ0n) is 11.5. The molecule has 0 unspecified atom stereocenters. The van der Waals surface area contributed by atoms with Gasteiger partial charge in [0.2, 0.25) is 5.91 Å². The summed E-state index contributed by atoms with van der Waals surface area (Å²) in [4.78, 5) is 16.5. The molecule has 1 amide bonds. The van der Waals surface area contributed by atoms with Crippen LogP contribution in [0, 0.1) is 0 Å². The largest absolute Gasteiger partial charge is 0.289 e. The van der Waals surface area contributed by atoms with Crippen LogP contribution in [-0.2, 0) is 11.2 Å². The van der Waals surface area contributed by atoms with E-state index in [1.165, 1.54) is 24.0 Å². The molecule has 5 heteroatoms. The van der Waals surface area contributed by atoms with Gasteiger partial charge in [-0.15, -0.1) is 11.3 Å². The lowest BCUT2D eigenvalue weighted by Gasteiger charge is -2.26. The maximum absolute atomic E-state index is 11.9. The van der Waals surface area contributed by atoms with Crippen molar-refractivity contribution >= 4 is 27.5 Å². The number of rotatable bonds is 4. The number of nitrogens with one attached hydrogen (secondary N) is 1. The molecule has 1 aromatic heterocycles. The maximum Gasteiger partial charge on any atom is 0.234 e. The number of aromatic nitrogens is 1. The number of fused-ring (bicyclic) bond motifs is 1. The molecule has 0 saturated carbocycles. The predicted molar refractivity (Wildman–Crippen MR) is 81.5 cm³/mol. The second kappa shape index (κ2) is 6.33. The summed E-state index contributed by atoms with van der Waals surface area (Å²) in [6.07, 6.45) is 4.86. The lowest BCUT2D eigenvalue weighted by atomic mass is 10.2. The fourth-order valence-corrected chi connectivity index (χ4v) is 3.45. The first-order valence-electron chi connectivity index (χ1n) is 7.20. The Morgan fingerprint density at radius 2 is 2.05 bits per heavy atom. The van der Waals surface area contributed by atoms with E-state index in [0.717, 1.165) is 30.0 Å². The molecule has 3 rings (SSSR count). The molecule has 2 heterocycles. The van der Waals surface area contributed by atoms with Gasteiger partial charge < -0.3 is 0 Å². The van der Waals surface area contributed by atoms with Gasteiger partial charge in [0.15, 0.2) is 0 Å². The third-order valence-corrected chi connectivity index (χ3v) is 4.64. The van der Waals surface area contributed by atoms with Crippen molar-refractivity contribution in [3.8, 4) is 0 Å². The summed E-state index contributed by atoms with van der Waals surface area (Å²) in [5.41, 5.74) is 4.03. The van der Waals surface area contributed by atoms with Crippen LogP contribution in [0.25, 0.3) is 10.2 Å². The van der Waals surface area contributed by atoms with Gasteiger partial charge in [0.25, 0.3) is 0 Å². The van der Waals surface area contributed by atoms with E-state index in [2.05, 4.69) is 16.5 Å². The number of aryl methyl sites for hydroxylation is 1. The lowest BCUT2D eigenvalue weighted by Crippen LogP contribution is -2.45. The topological polar surface area (TPSA) is 45.2 Å². The number of hydrazine groups is 1. The lowest BCUT2D eigenvalue weighted by molar-refractivity contribution is -0.126. The molecule has 1 fully saturated rings. The molecule has 1 aliphatic rings. The average Bonchev–Trinajstić information content (AvgIpc) is 2.89. The molecule has 4 nitrogen and oxygen atoms in total. The Morgan fingerprint density at radius 3 is 2.85 bits per heavy atom. The molecule has 1 aliphatic heterocycles. The van der Waals surface area contributed by atoms with Gasteiger partial charge in [-0.25, -0.2) is 9.99 Å². The monoisotopic (exact) mass is 289 g/mol. The molecule has 1 saturated heterocycles. The minimum atomic E-state index is 0.103. The van der Waals surface area contributed by atoms with Crippen LogP contribution < -0.4 is 5.43 Å². The van der Waals surface area contributed by atoms with Crippen LogP contribution >= 0.6 is 11.3 Å². The van der Waals surface area contributed by atoms with Gasteiger partial charge in [-0.1, -0.05) is 18.6 Å². The van der Waals surface area contributed by atoms with Gasteiger partial charge in [-0.2, -0.15) is 0 Å². The second-order valence-corrected chi connectivity index (χ2v) is 6.27. The standard InChI is InChI=1S/C15H19N3OS/c19-14(17-18-10-4-1-5-11-18)8-9-15-16-12-6-2-3-7-13(12)20-15/h2-3,6-7H,1,4-5,8-11H2,(H,17,19). The first-order chi connectivity index (χ1) is 9.81. The molecule has 0 spiro atoms. The van der Waals surface area contributed by atoms with E-state index in [-0.39, 0.29) is 5.91 Å². The van der Waals surface area contributed by atoms with Crippen LogP contribution in [0.3, 0.4) is 0 Å². The first-order valence-corrected chi connectivity index (χ1v) is 8.02. The number of carbonyl (C=O) groups excluding carboxylic acids is 1. The van der Waals surface area contributed by atoms with Gasteiger partial charge in [-0.3, -0.25) is 10.2 Å². The maximum atomic E-state index is 11.9. The third-order valence-electron chi connectivity index (χ3n) is 3.54. The van der Waals surface area contributed by atoms with E-state index >= 15 is 0 Å². The van der Waals surface area contributed by atoms with Crippen molar-refractivity contribution < 1.29 is 4.79 Å². The Bertz CT molecular complexity index is 557. The quantitative estimate of drug-likeness (QED) is 0.941. The summed E-state index contributed by atoms with van der Waals surface area (Å²) in [5, 5.41) is 3.09. The van der Waals surface area contributed by atoms with E-state index in [4.69, 9.17) is 0 Å². The number of benzene rings is 1. The first kappa shape index (κ1) is 13.5. The Morgan fingerprint density at radius 1 is 1.25 bits per heavy atom. The number of thiazole rings is 1. The SMILES string of the molecule is O=C(CCc1nc2ccccc2s1)NN1CCCCC1. The Kier molecular flexibility index (Phi) is 4.28. The van der Waals surface area contributed by atoms with Crippen LogP contribution in [0.15, 0.2) is 24.3 Å². The number of carbonyl (C=O) groups is 1. The fraction of sp³-hybridized carbons (Fsp3) is 0.467. The summed E-state index contributed by atoms with van der Waals surface area (Å²) >= 11 is 1.68. The van der Waals surface area contributed by atoms with Crippen molar-refractivity contribution in [2.24, 2.45) is 0 Å². The van der Waals surface area contributed by atoms with Crippen LogP contribution in [0.2, 0.25) is 0 Å². The van der Waals surface area contributed by atoms with Crippen molar-refractivity contribution in [3.63, 3.8) is 0 Å². The van der Waals surface area contributed by atoms with Crippen molar-refractivity contribution in [2.75, 3.05) is 13.1 Å². The van der Waals surface area contributed by atoms with E-state index in [9.17, 15) is 4.79 Å². The number of hydrogen-bond acceptors (Lipinski definition) is 4. The van der Waals surface area contributed by atoms with E-state index in [1.807, 2.05) is 23.2 Å². The van der Waals surface area contributed by atoms with Gasteiger partial charge in [0.1, 0.15) is 0 Å². The minimum Gasteiger partial charge on any atom is -0.289 e. The van der Waals surface area contributed by atoms with E-state index in [0.29, 0.717) is 6.42 Å². The van der Waals surface area contributed by atoms with Gasteiger partial charge in [-0.05, 0) is 25.0 Å². The number of para-hydroxylation sites is 1. The molecule has 20 heavy (non-hydrogen) atoms. The third kappa shape index (κ3) is 3.35. The van der Waals surface area contributed by atoms with Crippen molar-refractivity contribution in [1.82, 2.24) is 15.4 Å². The number of piperidine rings is 1. The molecule has 1 N–H and O–H groups in total. The summed E-state index contributed by atoms with van der Waals surface area (Å²) in [7, 11) is 0. The molecule has 1 aromatic carbocycles. The zero-order valence-corrected chi connectivity index (χ0v) is 12.3. The molecule has 0 atom stereocenters. The van der Waals surface area contributed by atoms with Gasteiger partial charge >= 0.3 is 0 Å². The highest BCUT2D eigenvalue weighted by Gasteiger charge is 2.13. The molecule has 0 radical (unpaired) electrons. The van der Waals surface area contributed by atoms with Crippen molar-refractivity contribution in [3.05, 3.63) is 29.3 Å². The minimum absolute atomic E-state index is 0.103. The average molecular weight is 289 g/mol. The summed E-state index contributed by atoms with van der Waals surface area (Å²) < 4.78 is 1.19. The smallest absolute Gasteiger partial charge is 0.234 e. The van der Waals surface area contributed by atoms with Crippen LogP contribution in [0.4, 0.5) is 0 Å². The predicted octanol–water partition coefficient (Wildman–Crippen LogP) is 2.75. The highest BCUT2D eigenvalue weighted by Crippen LogP contribution is 2.22. The molecule has 2 aromatic rings. The van der Waals surface area contributed by atoms with Crippen LogP contribution in [0.5, 0.6) is 0 Å². The van der Waals surface area contributed by atoms with E-state index in [1.54, 1.807) is 11.3 Å². The second-order valence-electron chi connectivity index (χ2n) is 5.16. The summed E-state index contributed by atoms with van der Waals surface area (Å²) in [6.45, 7) is 1.96.